The molecule has 0 aliphatic rings. The lowest BCUT2D eigenvalue weighted by Gasteiger charge is -2.13. The molecule has 0 saturated heterocycles. The van der Waals surface area contributed by atoms with Crippen LogP contribution < -0.4 is 10.1 Å². The van der Waals surface area contributed by atoms with Crippen molar-refractivity contribution in [1.29, 1.82) is 0 Å². The van der Waals surface area contributed by atoms with Gasteiger partial charge in [0, 0.05) is 12.6 Å². The van der Waals surface area contributed by atoms with E-state index < -0.39 is 0 Å². The van der Waals surface area contributed by atoms with E-state index in [-0.39, 0.29) is 18.2 Å². The largest absolute Gasteiger partial charge is 0.487 e. The predicted molar refractivity (Wildman–Crippen MR) is 116 cm³/mol. The molecule has 2 aromatic carbocycles. The van der Waals surface area contributed by atoms with Crippen LogP contribution in [0.1, 0.15) is 16.7 Å². The number of benzene rings is 2. The molecule has 1 N–H and O–H groups in total. The highest BCUT2D eigenvalue weighted by Gasteiger charge is 2.18. The highest BCUT2D eigenvalue weighted by molar-refractivity contribution is 9.28. The first-order valence-corrected chi connectivity index (χ1v) is 9.79. The first-order valence-electron chi connectivity index (χ1n) is 7.83. The third kappa shape index (κ3) is 5.82. The third-order valence-corrected chi connectivity index (χ3v) is 4.40. The maximum absolute atomic E-state index is 12.1. The zero-order valence-electron chi connectivity index (χ0n) is 14.6. The summed E-state index contributed by atoms with van der Waals surface area (Å²) in [6.45, 7) is 0.207. The van der Waals surface area contributed by atoms with E-state index in [0.29, 0.717) is 16.3 Å². The Labute approximate surface area is 179 Å². The van der Waals surface area contributed by atoms with Gasteiger partial charge in [-0.05, 0) is 55.1 Å². The van der Waals surface area contributed by atoms with Crippen molar-refractivity contribution in [2.45, 2.75) is 6.61 Å². The summed E-state index contributed by atoms with van der Waals surface area (Å²) in [5.74, 6) is 0.184. The highest BCUT2D eigenvalue weighted by atomic mass is 79.9. The molecule has 0 aliphatic heterocycles. The minimum absolute atomic E-state index is 0.171. The maximum atomic E-state index is 12.1. The second kappa shape index (κ2) is 10.5. The Morgan fingerprint density at radius 1 is 1.22 bits per heavy atom. The molecule has 5 nitrogen and oxygen atoms in total. The van der Waals surface area contributed by atoms with Gasteiger partial charge in [-0.1, -0.05) is 53.2 Å². The molecule has 0 unspecified atom stereocenters. The Morgan fingerprint density at radius 2 is 1.96 bits per heavy atom. The van der Waals surface area contributed by atoms with Crippen LogP contribution in [0.15, 0.2) is 51.0 Å². The molecule has 0 fully saturated rings. The number of ether oxygens (including phenoxy) is 1. The van der Waals surface area contributed by atoms with E-state index in [1.807, 2.05) is 36.4 Å². The first-order chi connectivity index (χ1) is 13.0. The Hall–Kier alpha value is -1.83. The van der Waals surface area contributed by atoms with Crippen molar-refractivity contribution in [3.63, 3.8) is 0 Å². The summed E-state index contributed by atoms with van der Waals surface area (Å²) in [6, 6.07) is 12.8. The molecule has 0 spiro atoms. The van der Waals surface area contributed by atoms with Crippen LogP contribution in [0.4, 0.5) is 0 Å². The Balaban J connectivity index is 2.32. The lowest BCUT2D eigenvalue weighted by atomic mass is 10.0. The summed E-state index contributed by atoms with van der Waals surface area (Å²) in [5, 5.41) is 6.90. The van der Waals surface area contributed by atoms with Crippen LogP contribution >= 0.6 is 43.5 Å². The van der Waals surface area contributed by atoms with Gasteiger partial charge in [-0.15, -0.1) is 0 Å². The van der Waals surface area contributed by atoms with E-state index in [9.17, 15) is 4.79 Å². The Morgan fingerprint density at radius 3 is 2.63 bits per heavy atom. The summed E-state index contributed by atoms with van der Waals surface area (Å²) in [6.07, 6.45) is 1.83. The van der Waals surface area contributed by atoms with Gasteiger partial charge in [0.1, 0.15) is 19.5 Å². The number of oxime groups is 1. The Bertz CT molecular complexity index is 881. The van der Waals surface area contributed by atoms with Gasteiger partial charge < -0.3 is 14.9 Å². The second-order valence-corrected chi connectivity index (χ2v) is 8.39. The van der Waals surface area contributed by atoms with Crippen molar-refractivity contribution < 1.29 is 14.4 Å². The van der Waals surface area contributed by atoms with E-state index in [1.54, 1.807) is 12.1 Å². The monoisotopic (exact) mass is 514 g/mol. The molecule has 2 aromatic rings. The summed E-state index contributed by atoms with van der Waals surface area (Å²) in [7, 11) is 2.93. The zero-order valence-corrected chi connectivity index (χ0v) is 18.6. The molecular weight excluding hydrogens is 499 g/mol. The van der Waals surface area contributed by atoms with Gasteiger partial charge in [0.15, 0.2) is 5.71 Å². The van der Waals surface area contributed by atoms with Crippen LogP contribution in [0.2, 0.25) is 5.02 Å². The number of halogens is 3. The third-order valence-electron chi connectivity index (χ3n) is 3.54. The second-order valence-electron chi connectivity index (χ2n) is 5.24. The Kier molecular flexibility index (Phi) is 8.34. The fraction of sp³-hybridized carbons (Fsp3) is 0.158. The summed E-state index contributed by atoms with van der Waals surface area (Å²) < 4.78 is 6.68. The smallest absolute Gasteiger partial charge is 0.273 e. The van der Waals surface area contributed by atoms with E-state index in [2.05, 4.69) is 42.3 Å². The lowest BCUT2D eigenvalue weighted by molar-refractivity contribution is -0.114. The molecule has 142 valence electrons. The SMILES string of the molecule is CNC(=O)/C(=N/OC)c1ccccc1COc1cccc(C=C(Br)Br)c1Cl. The summed E-state index contributed by atoms with van der Waals surface area (Å²) in [5.41, 5.74) is 2.37. The van der Waals surface area contributed by atoms with Crippen molar-refractivity contribution in [1.82, 2.24) is 5.32 Å². The number of nitrogens with one attached hydrogen (secondary N) is 1. The number of nitrogens with zero attached hydrogens (tertiary/aromatic N) is 1. The number of hydrogen-bond acceptors (Lipinski definition) is 4. The molecule has 0 saturated carbocycles. The van der Waals surface area contributed by atoms with Crippen molar-refractivity contribution in [2.24, 2.45) is 5.16 Å². The normalized spacial score (nSPS) is 10.9. The fourth-order valence-electron chi connectivity index (χ4n) is 2.32. The summed E-state index contributed by atoms with van der Waals surface area (Å²) in [4.78, 5) is 17.0. The van der Waals surface area contributed by atoms with Gasteiger partial charge >= 0.3 is 0 Å². The average molecular weight is 517 g/mol. The van der Waals surface area contributed by atoms with Crippen molar-refractivity contribution in [3.8, 4) is 5.75 Å². The van der Waals surface area contributed by atoms with Crippen LogP contribution in [0, 0.1) is 0 Å². The number of carbonyl (C=O) groups is 1. The average Bonchev–Trinajstić information content (AvgIpc) is 2.66. The number of rotatable bonds is 7. The standard InChI is InChI=1S/C19H17Br2ClN2O3/c1-23-19(25)18(24-26-2)14-8-4-3-6-13(14)11-27-15-9-5-7-12(17(15)22)10-16(20)21/h3-10H,11H2,1-2H3,(H,23,25)/b24-18+. The van der Waals surface area contributed by atoms with E-state index in [1.165, 1.54) is 14.2 Å². The van der Waals surface area contributed by atoms with E-state index in [4.69, 9.17) is 21.2 Å². The van der Waals surface area contributed by atoms with Crippen LogP contribution in [0.5, 0.6) is 5.75 Å². The van der Waals surface area contributed by atoms with Gasteiger partial charge in [0.05, 0.1) is 8.41 Å². The molecule has 0 heterocycles. The molecule has 2 rings (SSSR count). The molecular formula is C19H17Br2ClN2O3. The fourth-order valence-corrected chi connectivity index (χ4v) is 3.05. The van der Waals surface area contributed by atoms with Crippen LogP contribution in [0.3, 0.4) is 0 Å². The molecule has 0 aliphatic carbocycles. The van der Waals surface area contributed by atoms with Crippen LogP contribution in [-0.4, -0.2) is 25.8 Å². The van der Waals surface area contributed by atoms with Gasteiger partial charge in [-0.3, -0.25) is 4.79 Å². The predicted octanol–water partition coefficient (Wildman–Crippen LogP) is 5.10. The molecule has 8 heteroatoms. The van der Waals surface area contributed by atoms with Gasteiger partial charge in [0.25, 0.3) is 5.91 Å². The van der Waals surface area contributed by atoms with Gasteiger partial charge in [-0.2, -0.15) is 0 Å². The van der Waals surface area contributed by atoms with E-state index in [0.717, 1.165) is 14.5 Å². The molecule has 0 atom stereocenters. The van der Waals surface area contributed by atoms with Crippen LogP contribution in [0.25, 0.3) is 6.08 Å². The first kappa shape index (κ1) is 21.5. The highest BCUT2D eigenvalue weighted by Crippen LogP contribution is 2.32. The maximum Gasteiger partial charge on any atom is 0.273 e. The number of carbonyl (C=O) groups excluding carboxylic acids is 1. The van der Waals surface area contributed by atoms with E-state index >= 15 is 0 Å². The topological polar surface area (TPSA) is 59.9 Å². The quantitative estimate of drug-likeness (QED) is 0.411. The van der Waals surface area contributed by atoms with Gasteiger partial charge in [-0.25, -0.2) is 0 Å². The summed E-state index contributed by atoms with van der Waals surface area (Å²) >= 11 is 13.1. The van der Waals surface area contributed by atoms with Crippen molar-refractivity contribution >= 4 is 61.2 Å². The minimum Gasteiger partial charge on any atom is -0.487 e. The van der Waals surface area contributed by atoms with Crippen molar-refractivity contribution in [2.75, 3.05) is 14.2 Å². The van der Waals surface area contributed by atoms with Gasteiger partial charge in [0.2, 0.25) is 0 Å². The number of amides is 1. The zero-order chi connectivity index (χ0) is 19.8. The molecule has 0 aromatic heterocycles. The minimum atomic E-state index is -0.350. The number of hydrogen-bond donors (Lipinski definition) is 1. The van der Waals surface area contributed by atoms with Crippen molar-refractivity contribution in [3.05, 3.63) is 67.6 Å². The molecule has 0 radical (unpaired) electrons. The number of likely N-dealkylation sites (N-methyl/N-ethyl adjacent to an activating group) is 1. The van der Waals surface area contributed by atoms with Crippen LogP contribution in [-0.2, 0) is 16.2 Å². The molecule has 0 bridgehead atoms. The molecule has 1 amide bonds. The molecule has 27 heavy (non-hydrogen) atoms. The lowest BCUT2D eigenvalue weighted by Crippen LogP contribution is -2.29.